The van der Waals surface area contributed by atoms with Gasteiger partial charge in [0.25, 0.3) is 5.91 Å². The van der Waals surface area contributed by atoms with Crippen LogP contribution in [0.4, 0.5) is 17.2 Å². The third kappa shape index (κ3) is 4.06. The number of carbonyl (C=O) groups is 1. The van der Waals surface area contributed by atoms with Gasteiger partial charge < -0.3 is 15.1 Å². The van der Waals surface area contributed by atoms with Crippen LogP contribution in [0.25, 0.3) is 11.0 Å². The number of hydrogen-bond acceptors (Lipinski definition) is 6. The molecule has 8 heteroatoms. The predicted octanol–water partition coefficient (Wildman–Crippen LogP) is 3.45. The maximum atomic E-state index is 13.0. The minimum Gasteiger partial charge on any atom is -0.370 e. The van der Waals surface area contributed by atoms with Crippen molar-refractivity contribution < 1.29 is 4.79 Å². The molecule has 1 N–H and O–H groups in total. The van der Waals surface area contributed by atoms with Gasteiger partial charge in [-0.15, -0.1) is 0 Å². The number of pyridine rings is 2. The SMILES string of the molecule is CC1CCN(c2ccc(C(=O)Nc3cc4cn(C)nc4nc3N3CCCCC3)nc2)C1. The lowest BCUT2D eigenvalue weighted by Crippen LogP contribution is -2.31. The number of amides is 1. The fourth-order valence-corrected chi connectivity index (χ4v) is 4.57. The number of nitrogens with zero attached hydrogens (tertiary/aromatic N) is 6. The van der Waals surface area contributed by atoms with Crippen molar-refractivity contribution in [1.29, 1.82) is 0 Å². The number of fused-ring (bicyclic) bond motifs is 1. The highest BCUT2D eigenvalue weighted by Gasteiger charge is 2.22. The average Bonchev–Trinajstić information content (AvgIpc) is 3.38. The Morgan fingerprint density at radius 1 is 1.13 bits per heavy atom. The molecule has 31 heavy (non-hydrogen) atoms. The number of aromatic nitrogens is 4. The zero-order chi connectivity index (χ0) is 21.4. The van der Waals surface area contributed by atoms with Gasteiger partial charge in [0.2, 0.25) is 0 Å². The van der Waals surface area contributed by atoms with Gasteiger partial charge in [-0.1, -0.05) is 6.92 Å². The van der Waals surface area contributed by atoms with Gasteiger partial charge in [0, 0.05) is 44.8 Å². The summed E-state index contributed by atoms with van der Waals surface area (Å²) in [5, 5.41) is 8.42. The van der Waals surface area contributed by atoms with Gasteiger partial charge >= 0.3 is 0 Å². The fraction of sp³-hybridized carbons (Fsp3) is 0.478. The van der Waals surface area contributed by atoms with E-state index in [1.165, 1.54) is 12.8 Å². The Morgan fingerprint density at radius 2 is 1.97 bits per heavy atom. The molecule has 5 heterocycles. The molecule has 0 radical (unpaired) electrons. The number of piperidine rings is 1. The molecule has 0 aromatic carbocycles. The van der Waals surface area contributed by atoms with Crippen LogP contribution in [0.2, 0.25) is 0 Å². The van der Waals surface area contributed by atoms with Crippen molar-refractivity contribution in [3.05, 3.63) is 36.3 Å². The molecular formula is C23H29N7O. The zero-order valence-electron chi connectivity index (χ0n) is 18.2. The number of nitrogens with one attached hydrogen (secondary N) is 1. The summed E-state index contributed by atoms with van der Waals surface area (Å²) in [6.07, 6.45) is 8.42. The zero-order valence-corrected chi connectivity index (χ0v) is 18.2. The van der Waals surface area contributed by atoms with Gasteiger partial charge in [0.1, 0.15) is 5.69 Å². The second-order valence-corrected chi connectivity index (χ2v) is 8.82. The van der Waals surface area contributed by atoms with Crippen LogP contribution in [0.5, 0.6) is 0 Å². The molecule has 1 unspecified atom stereocenters. The third-order valence-corrected chi connectivity index (χ3v) is 6.26. The van der Waals surface area contributed by atoms with Crippen LogP contribution in [0.3, 0.4) is 0 Å². The largest absolute Gasteiger partial charge is 0.370 e. The van der Waals surface area contributed by atoms with Crippen molar-refractivity contribution in [1.82, 2.24) is 19.7 Å². The van der Waals surface area contributed by atoms with E-state index in [-0.39, 0.29) is 5.91 Å². The van der Waals surface area contributed by atoms with Gasteiger partial charge in [-0.3, -0.25) is 9.48 Å². The average molecular weight is 420 g/mol. The Bertz CT molecular complexity index is 1090. The predicted molar refractivity (Wildman–Crippen MR) is 123 cm³/mol. The fourth-order valence-electron chi connectivity index (χ4n) is 4.57. The van der Waals surface area contributed by atoms with Crippen LogP contribution in [0, 0.1) is 5.92 Å². The Morgan fingerprint density at radius 3 is 2.68 bits per heavy atom. The molecule has 3 aromatic heterocycles. The highest BCUT2D eigenvalue weighted by atomic mass is 16.1. The molecule has 2 saturated heterocycles. The lowest BCUT2D eigenvalue weighted by molar-refractivity contribution is 0.102. The van der Waals surface area contributed by atoms with Crippen molar-refractivity contribution in [2.24, 2.45) is 13.0 Å². The van der Waals surface area contributed by atoms with E-state index in [0.717, 1.165) is 55.9 Å². The number of carbonyl (C=O) groups excluding carboxylic acids is 1. The molecule has 162 valence electrons. The molecule has 1 amide bonds. The monoisotopic (exact) mass is 419 g/mol. The van der Waals surface area contributed by atoms with E-state index in [1.807, 2.05) is 31.4 Å². The Labute approximate surface area is 182 Å². The topological polar surface area (TPSA) is 79.2 Å². The molecule has 2 aliphatic heterocycles. The van der Waals surface area contributed by atoms with Crippen molar-refractivity contribution in [3.63, 3.8) is 0 Å². The van der Waals surface area contributed by atoms with Crippen LogP contribution < -0.4 is 15.1 Å². The van der Waals surface area contributed by atoms with Crippen molar-refractivity contribution in [3.8, 4) is 0 Å². The summed E-state index contributed by atoms with van der Waals surface area (Å²) in [6, 6.07) is 5.77. The molecule has 0 aliphatic carbocycles. The van der Waals surface area contributed by atoms with Crippen LogP contribution in [-0.4, -0.2) is 51.8 Å². The first kappa shape index (κ1) is 19.8. The van der Waals surface area contributed by atoms with Gasteiger partial charge in [0.15, 0.2) is 11.5 Å². The normalized spacial score (nSPS) is 19.2. The van der Waals surface area contributed by atoms with Crippen LogP contribution in [0.15, 0.2) is 30.6 Å². The van der Waals surface area contributed by atoms with Crippen molar-refractivity contribution in [2.45, 2.75) is 32.6 Å². The van der Waals surface area contributed by atoms with Crippen molar-refractivity contribution >= 4 is 34.1 Å². The maximum Gasteiger partial charge on any atom is 0.274 e. The number of aryl methyl sites for hydroxylation is 1. The molecular weight excluding hydrogens is 390 g/mol. The van der Waals surface area contributed by atoms with E-state index in [9.17, 15) is 4.79 Å². The summed E-state index contributed by atoms with van der Waals surface area (Å²) in [4.78, 5) is 26.8. The Hall–Kier alpha value is -3.16. The van der Waals surface area contributed by atoms with Crippen molar-refractivity contribution in [2.75, 3.05) is 41.3 Å². The quantitative estimate of drug-likeness (QED) is 0.698. The summed E-state index contributed by atoms with van der Waals surface area (Å²) in [5.74, 6) is 1.28. The first-order chi connectivity index (χ1) is 15.1. The highest BCUT2D eigenvalue weighted by Crippen LogP contribution is 2.30. The van der Waals surface area contributed by atoms with Gasteiger partial charge in [-0.05, 0) is 49.8 Å². The standard InChI is InChI=1S/C23H29N7O/c1-16-8-11-30(14-16)18-6-7-19(24-13-18)23(31)25-20-12-17-15-28(2)27-21(17)26-22(20)29-9-4-3-5-10-29/h6-7,12-13,15-16H,3-5,8-11,14H2,1-2H3,(H,25,31). The van der Waals surface area contributed by atoms with Gasteiger partial charge in [0.05, 0.1) is 17.6 Å². The molecule has 0 saturated carbocycles. The van der Waals surface area contributed by atoms with Crippen LogP contribution in [0.1, 0.15) is 43.1 Å². The summed E-state index contributed by atoms with van der Waals surface area (Å²) in [7, 11) is 1.88. The van der Waals surface area contributed by atoms with E-state index >= 15 is 0 Å². The molecule has 1 atom stereocenters. The Balaban J connectivity index is 1.40. The molecule has 5 rings (SSSR count). The first-order valence-electron chi connectivity index (χ1n) is 11.2. The van der Waals surface area contributed by atoms with E-state index in [2.05, 4.69) is 32.1 Å². The van der Waals surface area contributed by atoms with E-state index < -0.39 is 0 Å². The molecule has 0 bridgehead atoms. The number of rotatable bonds is 4. The van der Waals surface area contributed by atoms with Crippen LogP contribution >= 0.6 is 0 Å². The summed E-state index contributed by atoms with van der Waals surface area (Å²) >= 11 is 0. The molecule has 3 aromatic rings. The molecule has 2 fully saturated rings. The second kappa shape index (κ2) is 8.17. The summed E-state index contributed by atoms with van der Waals surface area (Å²) in [6.45, 7) is 6.24. The first-order valence-corrected chi connectivity index (χ1v) is 11.2. The highest BCUT2D eigenvalue weighted by molar-refractivity contribution is 6.05. The molecule has 2 aliphatic rings. The van der Waals surface area contributed by atoms with Gasteiger partial charge in [-0.25, -0.2) is 9.97 Å². The third-order valence-electron chi connectivity index (χ3n) is 6.26. The van der Waals surface area contributed by atoms with Crippen LogP contribution in [-0.2, 0) is 7.05 Å². The summed E-state index contributed by atoms with van der Waals surface area (Å²) in [5.41, 5.74) is 2.90. The second-order valence-electron chi connectivity index (χ2n) is 8.82. The maximum absolute atomic E-state index is 13.0. The van der Waals surface area contributed by atoms with E-state index in [0.29, 0.717) is 22.9 Å². The van der Waals surface area contributed by atoms with Gasteiger partial charge in [-0.2, -0.15) is 5.10 Å². The minimum absolute atomic E-state index is 0.218. The molecule has 8 nitrogen and oxygen atoms in total. The number of hydrogen-bond donors (Lipinski definition) is 1. The lowest BCUT2D eigenvalue weighted by atomic mass is 10.1. The lowest BCUT2D eigenvalue weighted by Gasteiger charge is -2.29. The Kier molecular flexibility index (Phi) is 5.21. The minimum atomic E-state index is -0.218. The van der Waals surface area contributed by atoms with E-state index in [1.54, 1.807) is 10.9 Å². The van der Waals surface area contributed by atoms with E-state index in [4.69, 9.17) is 4.98 Å². The number of anilines is 3. The summed E-state index contributed by atoms with van der Waals surface area (Å²) < 4.78 is 1.75. The smallest absolute Gasteiger partial charge is 0.274 e. The molecule has 0 spiro atoms.